The van der Waals surface area contributed by atoms with E-state index in [1.54, 1.807) is 18.2 Å². The third kappa shape index (κ3) is 4.50. The van der Waals surface area contributed by atoms with Crippen molar-refractivity contribution in [1.82, 2.24) is 10.6 Å². The summed E-state index contributed by atoms with van der Waals surface area (Å²) in [7, 11) is 3.02. The molecule has 0 bridgehead atoms. The summed E-state index contributed by atoms with van der Waals surface area (Å²) in [5.41, 5.74) is 0.393. The molecule has 0 saturated heterocycles. The zero-order valence-electron chi connectivity index (χ0n) is 11.3. The first-order valence-corrected chi connectivity index (χ1v) is 5.83. The van der Waals surface area contributed by atoms with Gasteiger partial charge in [0.15, 0.2) is 0 Å². The average molecular weight is 266 g/mol. The van der Waals surface area contributed by atoms with Crippen LogP contribution in [-0.2, 0) is 4.79 Å². The molecule has 0 aliphatic carbocycles. The van der Waals surface area contributed by atoms with E-state index < -0.39 is 0 Å². The van der Waals surface area contributed by atoms with Gasteiger partial charge >= 0.3 is 0 Å². The highest BCUT2D eigenvalue weighted by atomic mass is 16.5. The third-order valence-corrected chi connectivity index (χ3v) is 2.44. The van der Waals surface area contributed by atoms with Crippen molar-refractivity contribution in [3.05, 3.63) is 23.8 Å². The van der Waals surface area contributed by atoms with Gasteiger partial charge in [-0.2, -0.15) is 0 Å². The summed E-state index contributed by atoms with van der Waals surface area (Å²) in [4.78, 5) is 22.7. The van der Waals surface area contributed by atoms with Crippen molar-refractivity contribution in [2.75, 3.05) is 27.3 Å². The first-order valence-electron chi connectivity index (χ1n) is 5.83. The van der Waals surface area contributed by atoms with Crippen LogP contribution in [0.15, 0.2) is 18.2 Å². The Morgan fingerprint density at radius 3 is 2.37 bits per heavy atom. The van der Waals surface area contributed by atoms with Crippen molar-refractivity contribution >= 4 is 11.8 Å². The Balaban J connectivity index is 2.66. The van der Waals surface area contributed by atoms with Crippen molar-refractivity contribution < 1.29 is 19.1 Å². The van der Waals surface area contributed by atoms with E-state index in [9.17, 15) is 9.59 Å². The molecule has 2 N–H and O–H groups in total. The summed E-state index contributed by atoms with van der Waals surface area (Å²) in [6.07, 6.45) is 0. The Morgan fingerprint density at radius 2 is 1.79 bits per heavy atom. The largest absolute Gasteiger partial charge is 0.497 e. The van der Waals surface area contributed by atoms with Gasteiger partial charge in [-0.05, 0) is 18.2 Å². The molecule has 0 unspecified atom stereocenters. The van der Waals surface area contributed by atoms with Crippen LogP contribution in [0.3, 0.4) is 0 Å². The number of nitrogens with one attached hydrogen (secondary N) is 2. The lowest BCUT2D eigenvalue weighted by molar-refractivity contribution is -0.118. The van der Waals surface area contributed by atoms with E-state index in [1.807, 2.05) is 0 Å². The second-order valence-electron chi connectivity index (χ2n) is 3.81. The molecule has 6 heteroatoms. The van der Waals surface area contributed by atoms with Gasteiger partial charge in [0.05, 0.1) is 19.8 Å². The summed E-state index contributed by atoms with van der Waals surface area (Å²) in [5, 5.41) is 5.29. The van der Waals surface area contributed by atoms with Crippen LogP contribution in [0, 0.1) is 0 Å². The molecular formula is C13H18N2O4. The molecule has 0 spiro atoms. The molecule has 0 atom stereocenters. The van der Waals surface area contributed by atoms with Gasteiger partial charge < -0.3 is 20.1 Å². The van der Waals surface area contributed by atoms with Crippen molar-refractivity contribution in [2.45, 2.75) is 6.92 Å². The molecule has 1 aromatic rings. The van der Waals surface area contributed by atoms with Gasteiger partial charge in [-0.1, -0.05) is 0 Å². The number of rotatable bonds is 6. The molecule has 0 aliphatic heterocycles. The van der Waals surface area contributed by atoms with Gasteiger partial charge in [-0.25, -0.2) is 0 Å². The summed E-state index contributed by atoms with van der Waals surface area (Å²) in [6, 6.07) is 4.99. The minimum Gasteiger partial charge on any atom is -0.497 e. The minimum absolute atomic E-state index is 0.131. The van der Waals surface area contributed by atoms with E-state index >= 15 is 0 Å². The molecule has 0 aromatic heterocycles. The number of hydrogen-bond donors (Lipinski definition) is 2. The monoisotopic (exact) mass is 266 g/mol. The molecule has 0 radical (unpaired) electrons. The van der Waals surface area contributed by atoms with Gasteiger partial charge in [0.25, 0.3) is 5.91 Å². The van der Waals surface area contributed by atoms with Crippen molar-refractivity contribution in [3.63, 3.8) is 0 Å². The Hall–Kier alpha value is -2.24. The van der Waals surface area contributed by atoms with Gasteiger partial charge in [0, 0.05) is 20.0 Å². The number of carbonyl (C=O) groups excluding carboxylic acids is 2. The smallest absolute Gasteiger partial charge is 0.255 e. The Morgan fingerprint density at radius 1 is 1.11 bits per heavy atom. The van der Waals surface area contributed by atoms with Crippen LogP contribution in [0.5, 0.6) is 11.5 Å². The first-order chi connectivity index (χ1) is 9.08. The van der Waals surface area contributed by atoms with Crippen LogP contribution < -0.4 is 20.1 Å². The van der Waals surface area contributed by atoms with Crippen LogP contribution in [0.4, 0.5) is 0 Å². The molecular weight excluding hydrogens is 248 g/mol. The molecule has 6 nitrogen and oxygen atoms in total. The summed E-state index contributed by atoms with van der Waals surface area (Å²) >= 11 is 0. The molecule has 2 amide bonds. The molecule has 1 rings (SSSR count). The molecule has 0 saturated carbocycles. The van der Waals surface area contributed by atoms with Crippen molar-refractivity contribution in [1.29, 1.82) is 0 Å². The van der Waals surface area contributed by atoms with E-state index in [2.05, 4.69) is 10.6 Å². The van der Waals surface area contributed by atoms with E-state index in [-0.39, 0.29) is 11.8 Å². The number of hydrogen-bond acceptors (Lipinski definition) is 4. The second kappa shape index (κ2) is 7.25. The number of methoxy groups -OCH3 is 2. The second-order valence-corrected chi connectivity index (χ2v) is 3.81. The lowest BCUT2D eigenvalue weighted by atomic mass is 10.1. The Labute approximate surface area is 112 Å². The topological polar surface area (TPSA) is 76.7 Å². The van der Waals surface area contributed by atoms with Gasteiger partial charge in [0.2, 0.25) is 5.91 Å². The van der Waals surface area contributed by atoms with Crippen LogP contribution in [0.25, 0.3) is 0 Å². The zero-order valence-corrected chi connectivity index (χ0v) is 11.3. The van der Waals surface area contributed by atoms with Crippen LogP contribution in [0.2, 0.25) is 0 Å². The standard InChI is InChI=1S/C13H18N2O4/c1-9(16)14-6-7-15-13(17)11-8-10(18-2)4-5-12(11)19-3/h4-5,8H,6-7H2,1-3H3,(H,14,16)(H,15,17). The normalized spacial score (nSPS) is 9.63. The summed E-state index contributed by atoms with van der Waals surface area (Å²) in [5.74, 6) is 0.639. The third-order valence-electron chi connectivity index (χ3n) is 2.44. The number of carbonyl (C=O) groups is 2. The van der Waals surface area contributed by atoms with Gasteiger partial charge in [-0.15, -0.1) is 0 Å². The predicted molar refractivity (Wildman–Crippen MR) is 70.6 cm³/mol. The SMILES string of the molecule is COc1ccc(OC)c(C(=O)NCCNC(C)=O)c1. The molecule has 1 aromatic carbocycles. The number of amides is 2. The van der Waals surface area contributed by atoms with Crippen molar-refractivity contribution in [2.24, 2.45) is 0 Å². The maximum absolute atomic E-state index is 12.0. The number of benzene rings is 1. The Kier molecular flexibility index (Phi) is 5.66. The van der Waals surface area contributed by atoms with Crippen LogP contribution >= 0.6 is 0 Å². The first kappa shape index (κ1) is 14.8. The molecule has 0 aliphatic rings. The van der Waals surface area contributed by atoms with Gasteiger partial charge in [-0.3, -0.25) is 9.59 Å². The highest BCUT2D eigenvalue weighted by Crippen LogP contribution is 2.23. The molecule has 19 heavy (non-hydrogen) atoms. The molecule has 0 heterocycles. The highest BCUT2D eigenvalue weighted by molar-refractivity contribution is 5.97. The van der Waals surface area contributed by atoms with E-state index in [0.717, 1.165) is 0 Å². The predicted octanol–water partition coefficient (Wildman–Crippen LogP) is 0.570. The number of ether oxygens (including phenoxy) is 2. The lowest BCUT2D eigenvalue weighted by Crippen LogP contribution is -2.33. The van der Waals surface area contributed by atoms with Crippen molar-refractivity contribution in [3.8, 4) is 11.5 Å². The average Bonchev–Trinajstić information content (AvgIpc) is 2.42. The lowest BCUT2D eigenvalue weighted by Gasteiger charge is -2.11. The Bertz CT molecular complexity index is 460. The maximum atomic E-state index is 12.0. The summed E-state index contributed by atoms with van der Waals surface area (Å²) < 4.78 is 10.2. The minimum atomic E-state index is -0.277. The van der Waals surface area contributed by atoms with E-state index in [1.165, 1.54) is 21.1 Å². The van der Waals surface area contributed by atoms with Crippen LogP contribution in [-0.4, -0.2) is 39.1 Å². The van der Waals surface area contributed by atoms with E-state index in [0.29, 0.717) is 30.2 Å². The quantitative estimate of drug-likeness (QED) is 0.738. The van der Waals surface area contributed by atoms with E-state index in [4.69, 9.17) is 9.47 Å². The maximum Gasteiger partial charge on any atom is 0.255 e. The fourth-order valence-electron chi connectivity index (χ4n) is 1.50. The molecule has 0 fully saturated rings. The molecule has 104 valence electrons. The van der Waals surface area contributed by atoms with Gasteiger partial charge in [0.1, 0.15) is 11.5 Å². The fourth-order valence-corrected chi connectivity index (χ4v) is 1.50. The zero-order chi connectivity index (χ0) is 14.3. The van der Waals surface area contributed by atoms with Crippen LogP contribution in [0.1, 0.15) is 17.3 Å². The summed E-state index contributed by atoms with van der Waals surface area (Å²) in [6.45, 7) is 2.15. The highest BCUT2D eigenvalue weighted by Gasteiger charge is 2.12. The fraction of sp³-hybridized carbons (Fsp3) is 0.385.